The lowest BCUT2D eigenvalue weighted by molar-refractivity contribution is -0.136. The summed E-state index contributed by atoms with van der Waals surface area (Å²) in [6.45, 7) is 7.52. The van der Waals surface area contributed by atoms with E-state index in [0.717, 1.165) is 0 Å². The Hall–Kier alpha value is -3.74. The molecule has 4 N–H and O–H groups in total. The number of hydrogen-bond donors (Lipinski definition) is 4. The number of ether oxygens (including phenoxy) is 4. The van der Waals surface area contributed by atoms with Crippen LogP contribution in [0.2, 0.25) is 5.02 Å². The number of aliphatic hydroxyl groups is 1. The molecule has 0 unspecified atom stereocenters. The van der Waals surface area contributed by atoms with Crippen molar-refractivity contribution in [2.75, 3.05) is 26.9 Å². The number of carbonyl (C=O) groups excluding carboxylic acids is 2. The van der Waals surface area contributed by atoms with Crippen LogP contribution in [-0.2, 0) is 9.53 Å². The van der Waals surface area contributed by atoms with Gasteiger partial charge in [-0.15, -0.1) is 0 Å². The molecule has 214 valence electrons. The van der Waals surface area contributed by atoms with Gasteiger partial charge in [-0.2, -0.15) is 5.10 Å². The topological polar surface area (TPSA) is 140 Å². The molecular formula is C27H30BrClN4O7. The Bertz CT molecular complexity index is 1290. The van der Waals surface area contributed by atoms with Crippen LogP contribution in [0, 0.1) is 0 Å². The van der Waals surface area contributed by atoms with Crippen LogP contribution in [0.5, 0.6) is 17.2 Å². The third kappa shape index (κ3) is 7.90. The predicted molar refractivity (Wildman–Crippen MR) is 154 cm³/mol. The minimum atomic E-state index is -1.15. The number of allylic oxidation sites excluding steroid dienone is 1. The highest BCUT2D eigenvalue weighted by Crippen LogP contribution is 2.35. The van der Waals surface area contributed by atoms with Gasteiger partial charge in [-0.1, -0.05) is 30.3 Å². The first-order valence-electron chi connectivity index (χ1n) is 12.1. The van der Waals surface area contributed by atoms with Crippen molar-refractivity contribution in [1.82, 2.24) is 16.1 Å². The summed E-state index contributed by atoms with van der Waals surface area (Å²) in [5, 5.41) is 20.1. The number of esters is 1. The van der Waals surface area contributed by atoms with Crippen molar-refractivity contribution in [3.8, 4) is 17.2 Å². The molecule has 3 rings (SSSR count). The van der Waals surface area contributed by atoms with E-state index >= 15 is 0 Å². The summed E-state index contributed by atoms with van der Waals surface area (Å²) in [6, 6.07) is 7.20. The first-order chi connectivity index (χ1) is 19.2. The molecule has 1 aliphatic rings. The van der Waals surface area contributed by atoms with Gasteiger partial charge in [0, 0.05) is 5.70 Å². The number of aliphatic hydroxyl groups excluding tert-OH is 1. The second-order valence-electron chi connectivity index (χ2n) is 8.33. The quantitative estimate of drug-likeness (QED) is 0.0843. The normalized spacial score (nSPS) is 15.7. The van der Waals surface area contributed by atoms with Gasteiger partial charge in [-0.3, -0.25) is 5.43 Å². The lowest BCUT2D eigenvalue weighted by atomic mass is 9.95. The smallest absolute Gasteiger partial charge is 0.337 e. The fraction of sp³-hybridized carbons (Fsp3) is 0.296. The number of amides is 2. The van der Waals surface area contributed by atoms with Crippen molar-refractivity contribution in [2.45, 2.75) is 26.1 Å². The maximum Gasteiger partial charge on any atom is 0.337 e. The SMILES string of the molecule is C=CCOc1c(Cl)cc(/C=N\N[C@H](O)COc2ccc([C@@H]3NC(=O)NC(C)=C3C(=O)OC)cc2OCC)cc1Br. The number of hydrazone groups is 1. The number of hydrogen-bond acceptors (Lipinski definition) is 9. The standard InChI is InChI=1S/C27H30BrClN4O7/c1-5-9-39-25-18(28)10-16(11-19(25)29)13-30-33-22(34)14-40-20-8-7-17(12-21(20)38-6-2)24-23(26(35)37-4)15(3)31-27(36)32-24/h5,7-8,10-13,22,24,33-34H,1,6,9,14H2,2-4H3,(H2,31,32,36)/b30-13-/t22-,24+/m1/s1. The molecule has 2 aromatic carbocycles. The fourth-order valence-electron chi connectivity index (χ4n) is 3.75. The van der Waals surface area contributed by atoms with Crippen LogP contribution in [-0.4, -0.2) is 56.5 Å². The van der Waals surface area contributed by atoms with Gasteiger partial charge in [0.15, 0.2) is 23.5 Å². The monoisotopic (exact) mass is 636 g/mol. The number of rotatable bonds is 13. The molecule has 0 aromatic heterocycles. The van der Waals surface area contributed by atoms with Crippen molar-refractivity contribution in [1.29, 1.82) is 0 Å². The molecule has 0 fully saturated rings. The first kappa shape index (κ1) is 30.8. The molecule has 40 heavy (non-hydrogen) atoms. The summed E-state index contributed by atoms with van der Waals surface area (Å²) in [6.07, 6.45) is 1.95. The van der Waals surface area contributed by atoms with Crippen molar-refractivity contribution in [3.05, 3.63) is 74.9 Å². The molecule has 13 heteroatoms. The summed E-state index contributed by atoms with van der Waals surface area (Å²) >= 11 is 9.69. The summed E-state index contributed by atoms with van der Waals surface area (Å²) < 4.78 is 22.5. The lowest BCUT2D eigenvalue weighted by Gasteiger charge is -2.28. The van der Waals surface area contributed by atoms with Crippen LogP contribution in [0.1, 0.15) is 31.0 Å². The maximum absolute atomic E-state index is 12.4. The van der Waals surface area contributed by atoms with Crippen LogP contribution in [0.4, 0.5) is 4.79 Å². The Morgan fingerprint density at radius 3 is 2.73 bits per heavy atom. The van der Waals surface area contributed by atoms with Crippen molar-refractivity contribution in [3.63, 3.8) is 0 Å². The number of benzene rings is 2. The average molecular weight is 638 g/mol. The van der Waals surface area contributed by atoms with Gasteiger partial charge in [-0.25, -0.2) is 9.59 Å². The Kier molecular flexibility index (Phi) is 11.2. The van der Waals surface area contributed by atoms with E-state index in [-0.39, 0.29) is 12.2 Å². The number of methoxy groups -OCH3 is 1. The molecule has 1 heterocycles. The van der Waals surface area contributed by atoms with Crippen LogP contribution >= 0.6 is 27.5 Å². The number of urea groups is 1. The van der Waals surface area contributed by atoms with Gasteiger partial charge in [-0.05, 0) is 65.2 Å². The second kappa shape index (κ2) is 14.6. The molecule has 2 atom stereocenters. The average Bonchev–Trinajstić information content (AvgIpc) is 2.91. The zero-order valence-electron chi connectivity index (χ0n) is 22.1. The van der Waals surface area contributed by atoms with Crippen molar-refractivity contribution in [2.24, 2.45) is 5.10 Å². The molecule has 2 aromatic rings. The van der Waals surface area contributed by atoms with E-state index in [2.05, 4.69) is 43.7 Å². The van der Waals surface area contributed by atoms with E-state index < -0.39 is 24.3 Å². The molecule has 2 amide bonds. The Morgan fingerprint density at radius 1 is 1.27 bits per heavy atom. The van der Waals surface area contributed by atoms with E-state index in [1.54, 1.807) is 50.3 Å². The van der Waals surface area contributed by atoms with Crippen molar-refractivity contribution < 1.29 is 33.6 Å². The van der Waals surface area contributed by atoms with E-state index in [4.69, 9.17) is 30.5 Å². The van der Waals surface area contributed by atoms with Gasteiger partial charge in [0.1, 0.15) is 13.2 Å². The van der Waals surface area contributed by atoms with Gasteiger partial charge < -0.3 is 34.7 Å². The molecule has 0 spiro atoms. The summed E-state index contributed by atoms with van der Waals surface area (Å²) in [7, 11) is 1.27. The zero-order chi connectivity index (χ0) is 29.2. The van der Waals surface area contributed by atoms with Crippen molar-refractivity contribution >= 4 is 45.7 Å². The van der Waals surface area contributed by atoms with Gasteiger partial charge in [0.25, 0.3) is 0 Å². The Balaban J connectivity index is 1.68. The Labute approximate surface area is 245 Å². The van der Waals surface area contributed by atoms with E-state index in [1.807, 2.05) is 0 Å². The third-order valence-corrected chi connectivity index (χ3v) is 6.35. The largest absolute Gasteiger partial charge is 0.490 e. The van der Waals surface area contributed by atoms with Crippen LogP contribution in [0.25, 0.3) is 0 Å². The molecule has 0 aliphatic carbocycles. The number of nitrogens with one attached hydrogen (secondary N) is 3. The highest BCUT2D eigenvalue weighted by atomic mass is 79.9. The maximum atomic E-state index is 12.4. The van der Waals surface area contributed by atoms with E-state index in [0.29, 0.717) is 56.8 Å². The number of nitrogens with zero attached hydrogens (tertiary/aromatic N) is 1. The molecule has 0 saturated carbocycles. The highest BCUT2D eigenvalue weighted by molar-refractivity contribution is 9.10. The van der Waals surface area contributed by atoms with Crippen LogP contribution in [0.3, 0.4) is 0 Å². The first-order valence-corrected chi connectivity index (χ1v) is 13.3. The number of halogens is 2. The molecule has 11 nitrogen and oxygen atoms in total. The van der Waals surface area contributed by atoms with E-state index in [1.165, 1.54) is 13.3 Å². The number of carbonyl (C=O) groups is 2. The minimum absolute atomic E-state index is 0.161. The summed E-state index contributed by atoms with van der Waals surface area (Å²) in [5.41, 5.74) is 4.49. The molecule has 1 aliphatic heterocycles. The molecule has 0 bridgehead atoms. The summed E-state index contributed by atoms with van der Waals surface area (Å²) in [5.74, 6) is 0.631. The molecular weight excluding hydrogens is 608 g/mol. The van der Waals surface area contributed by atoms with Gasteiger partial charge in [0.2, 0.25) is 0 Å². The lowest BCUT2D eigenvalue weighted by Crippen LogP contribution is -2.45. The second-order valence-corrected chi connectivity index (χ2v) is 9.59. The summed E-state index contributed by atoms with van der Waals surface area (Å²) in [4.78, 5) is 24.5. The van der Waals surface area contributed by atoms with Crippen LogP contribution < -0.4 is 30.3 Å². The fourth-order valence-corrected chi connectivity index (χ4v) is 4.74. The van der Waals surface area contributed by atoms with E-state index in [9.17, 15) is 14.7 Å². The predicted octanol–water partition coefficient (Wildman–Crippen LogP) is 4.19. The molecule has 0 radical (unpaired) electrons. The van der Waals surface area contributed by atoms with Crippen LogP contribution in [0.15, 0.2) is 63.8 Å². The van der Waals surface area contributed by atoms with Gasteiger partial charge in [0.05, 0.1) is 41.0 Å². The highest BCUT2D eigenvalue weighted by Gasteiger charge is 2.32. The molecule has 0 saturated heterocycles. The Morgan fingerprint density at radius 2 is 2.05 bits per heavy atom. The third-order valence-electron chi connectivity index (χ3n) is 5.48. The van der Waals surface area contributed by atoms with Gasteiger partial charge >= 0.3 is 12.0 Å². The zero-order valence-corrected chi connectivity index (χ0v) is 24.5. The minimum Gasteiger partial charge on any atom is -0.490 e.